The van der Waals surface area contributed by atoms with Crippen LogP contribution in [0.25, 0.3) is 22.3 Å². The fourth-order valence-electron chi connectivity index (χ4n) is 3.67. The van der Waals surface area contributed by atoms with Gasteiger partial charge in [0.15, 0.2) is 5.56 Å². The first-order valence-electron chi connectivity index (χ1n) is 10.5. The Balaban J connectivity index is 1.93. The molecule has 0 saturated carbocycles. The van der Waals surface area contributed by atoms with Gasteiger partial charge in [-0.25, -0.2) is 9.78 Å². The highest BCUT2D eigenvalue weighted by molar-refractivity contribution is 5.93. The highest BCUT2D eigenvalue weighted by atomic mass is 16.5. The molecule has 0 atom stereocenters. The molecule has 0 radical (unpaired) electrons. The van der Waals surface area contributed by atoms with Crippen molar-refractivity contribution in [1.29, 1.82) is 0 Å². The summed E-state index contributed by atoms with van der Waals surface area (Å²) in [4.78, 5) is 30.9. The van der Waals surface area contributed by atoms with E-state index < -0.39 is 11.5 Å². The second-order valence-corrected chi connectivity index (χ2v) is 7.32. The molecule has 0 N–H and O–H groups in total. The van der Waals surface area contributed by atoms with E-state index in [0.717, 1.165) is 16.5 Å². The van der Waals surface area contributed by atoms with E-state index >= 15 is 0 Å². The minimum absolute atomic E-state index is 0.141. The second-order valence-electron chi connectivity index (χ2n) is 7.32. The number of para-hydroxylation sites is 1. The third-order valence-corrected chi connectivity index (χ3v) is 5.32. The highest BCUT2D eigenvalue weighted by Gasteiger charge is 2.24. The Morgan fingerprint density at radius 3 is 2.42 bits per heavy atom. The van der Waals surface area contributed by atoms with Crippen LogP contribution in [0.5, 0.6) is 11.5 Å². The molecule has 0 unspecified atom stereocenters. The summed E-state index contributed by atoms with van der Waals surface area (Å²) >= 11 is 0. The van der Waals surface area contributed by atoms with Crippen LogP contribution in [0, 0.1) is 0 Å². The highest BCUT2D eigenvalue weighted by Crippen LogP contribution is 2.27. The van der Waals surface area contributed by atoms with Crippen LogP contribution in [-0.2, 0) is 11.3 Å². The van der Waals surface area contributed by atoms with Crippen LogP contribution in [0.3, 0.4) is 0 Å². The first-order chi connectivity index (χ1) is 16.0. The van der Waals surface area contributed by atoms with Crippen molar-refractivity contribution in [1.82, 2.24) is 9.55 Å². The van der Waals surface area contributed by atoms with Crippen LogP contribution in [0.4, 0.5) is 0 Å². The maximum absolute atomic E-state index is 13.6. The van der Waals surface area contributed by atoms with Crippen LogP contribution < -0.4 is 15.0 Å². The lowest BCUT2D eigenvalue weighted by atomic mass is 10.1. The maximum Gasteiger partial charge on any atom is 0.347 e. The van der Waals surface area contributed by atoms with Crippen molar-refractivity contribution in [2.24, 2.45) is 0 Å². The lowest BCUT2D eigenvalue weighted by molar-refractivity contribution is 0.0519. The quantitative estimate of drug-likeness (QED) is 0.395. The molecule has 7 nitrogen and oxygen atoms in total. The molecule has 168 valence electrons. The fourth-order valence-corrected chi connectivity index (χ4v) is 3.67. The molecule has 0 saturated heterocycles. The van der Waals surface area contributed by atoms with Crippen LogP contribution in [0.2, 0.25) is 0 Å². The monoisotopic (exact) mass is 444 g/mol. The molecular formula is C26H24N2O5. The second kappa shape index (κ2) is 9.56. The molecular weight excluding hydrogens is 420 g/mol. The molecule has 0 bridgehead atoms. The number of hydrogen-bond donors (Lipinski definition) is 0. The number of fused-ring (bicyclic) bond motifs is 1. The van der Waals surface area contributed by atoms with Crippen molar-refractivity contribution in [3.05, 3.63) is 88.2 Å². The molecule has 2 aromatic heterocycles. The summed E-state index contributed by atoms with van der Waals surface area (Å²) in [6, 6.07) is 20.6. The van der Waals surface area contributed by atoms with Crippen molar-refractivity contribution in [2.45, 2.75) is 13.5 Å². The zero-order valence-electron chi connectivity index (χ0n) is 18.7. The first kappa shape index (κ1) is 22.1. The number of aromatic nitrogens is 2. The number of carbonyl (C=O) groups excluding carboxylic acids is 1. The smallest absolute Gasteiger partial charge is 0.347 e. The average Bonchev–Trinajstić information content (AvgIpc) is 2.85. The van der Waals surface area contributed by atoms with E-state index in [4.69, 9.17) is 19.2 Å². The fraction of sp³-hybridized carbons (Fsp3) is 0.192. The third-order valence-electron chi connectivity index (χ3n) is 5.32. The van der Waals surface area contributed by atoms with E-state index in [9.17, 15) is 9.59 Å². The molecule has 0 amide bonds. The van der Waals surface area contributed by atoms with Crippen molar-refractivity contribution < 1.29 is 19.0 Å². The Morgan fingerprint density at radius 1 is 0.970 bits per heavy atom. The molecule has 0 aliphatic heterocycles. The number of esters is 1. The number of rotatable bonds is 7. The molecule has 2 heterocycles. The van der Waals surface area contributed by atoms with E-state index in [-0.39, 0.29) is 24.5 Å². The summed E-state index contributed by atoms with van der Waals surface area (Å²) in [7, 11) is 3.01. The van der Waals surface area contributed by atoms with Gasteiger partial charge >= 0.3 is 5.97 Å². The van der Waals surface area contributed by atoms with Gasteiger partial charge in [0.25, 0.3) is 5.56 Å². The van der Waals surface area contributed by atoms with Gasteiger partial charge in [0.2, 0.25) is 0 Å². The van der Waals surface area contributed by atoms with E-state index in [1.807, 2.05) is 60.7 Å². The molecule has 0 spiro atoms. The first-order valence-corrected chi connectivity index (χ1v) is 10.5. The lowest BCUT2D eigenvalue weighted by Crippen LogP contribution is -2.30. The molecule has 4 aromatic rings. The Hall–Kier alpha value is -4.13. The van der Waals surface area contributed by atoms with Crippen LogP contribution in [-0.4, -0.2) is 36.3 Å². The summed E-state index contributed by atoms with van der Waals surface area (Å²) in [5.74, 6) is 0.139. The van der Waals surface area contributed by atoms with Gasteiger partial charge in [-0.05, 0) is 36.8 Å². The van der Waals surface area contributed by atoms with Crippen molar-refractivity contribution >= 4 is 16.9 Å². The van der Waals surface area contributed by atoms with Gasteiger partial charge in [-0.15, -0.1) is 0 Å². The molecule has 0 fully saturated rings. The summed E-state index contributed by atoms with van der Waals surface area (Å²) in [5.41, 5.74) is 2.14. The predicted octanol–water partition coefficient (Wildman–Crippen LogP) is 4.31. The maximum atomic E-state index is 13.6. The standard InChI is InChI=1S/C26H24N2O5/c1-4-33-26(30)24-23(32-3)15-22(21-14-11-18-7-5-6-8-20(18)27-21)28(25(24)29)16-17-9-12-19(31-2)13-10-17/h5-15H,4,16H2,1-3H3. The minimum atomic E-state index is -0.721. The van der Waals surface area contributed by atoms with E-state index in [2.05, 4.69) is 0 Å². The van der Waals surface area contributed by atoms with E-state index in [0.29, 0.717) is 17.1 Å². The van der Waals surface area contributed by atoms with Crippen molar-refractivity contribution in [2.75, 3.05) is 20.8 Å². The van der Waals surface area contributed by atoms with Gasteiger partial charge < -0.3 is 18.8 Å². The van der Waals surface area contributed by atoms with Crippen molar-refractivity contribution in [3.8, 4) is 22.9 Å². The Morgan fingerprint density at radius 2 is 1.73 bits per heavy atom. The van der Waals surface area contributed by atoms with Gasteiger partial charge in [0.1, 0.15) is 11.5 Å². The Labute approximate surface area is 191 Å². The zero-order valence-corrected chi connectivity index (χ0v) is 18.7. The SMILES string of the molecule is CCOC(=O)c1c(OC)cc(-c2ccc3ccccc3n2)n(Cc2ccc(OC)cc2)c1=O. The number of nitrogens with zero attached hydrogens (tertiary/aromatic N) is 2. The van der Waals surface area contributed by atoms with E-state index in [1.165, 1.54) is 11.7 Å². The van der Waals surface area contributed by atoms with E-state index in [1.54, 1.807) is 20.1 Å². The summed E-state index contributed by atoms with van der Waals surface area (Å²) < 4.78 is 17.3. The summed E-state index contributed by atoms with van der Waals surface area (Å²) in [6.45, 7) is 2.06. The molecule has 33 heavy (non-hydrogen) atoms. The molecule has 4 rings (SSSR count). The zero-order chi connectivity index (χ0) is 23.4. The number of hydrogen-bond acceptors (Lipinski definition) is 6. The van der Waals surface area contributed by atoms with Crippen molar-refractivity contribution in [3.63, 3.8) is 0 Å². The Bertz CT molecular complexity index is 1360. The minimum Gasteiger partial charge on any atom is -0.497 e. The number of carbonyl (C=O) groups is 1. The Kier molecular flexibility index (Phi) is 6.40. The van der Waals surface area contributed by atoms with Crippen LogP contribution in [0.1, 0.15) is 22.8 Å². The van der Waals surface area contributed by atoms with Crippen LogP contribution in [0.15, 0.2) is 71.5 Å². The number of methoxy groups -OCH3 is 2. The van der Waals surface area contributed by atoms with Gasteiger partial charge in [-0.1, -0.05) is 36.4 Å². The molecule has 7 heteroatoms. The molecule has 0 aliphatic rings. The third kappa shape index (κ3) is 4.43. The number of benzene rings is 2. The number of ether oxygens (including phenoxy) is 3. The van der Waals surface area contributed by atoms with Gasteiger partial charge in [0, 0.05) is 11.5 Å². The summed E-state index contributed by atoms with van der Waals surface area (Å²) in [5, 5.41) is 0.986. The largest absolute Gasteiger partial charge is 0.497 e. The number of pyridine rings is 2. The van der Waals surface area contributed by atoms with Gasteiger partial charge in [-0.3, -0.25) is 4.79 Å². The lowest BCUT2D eigenvalue weighted by Gasteiger charge is -2.17. The molecule has 2 aromatic carbocycles. The normalized spacial score (nSPS) is 10.8. The molecule has 0 aliphatic carbocycles. The predicted molar refractivity (Wildman–Crippen MR) is 126 cm³/mol. The van der Waals surface area contributed by atoms with Gasteiger partial charge in [-0.2, -0.15) is 0 Å². The summed E-state index contributed by atoms with van der Waals surface area (Å²) in [6.07, 6.45) is 0. The topological polar surface area (TPSA) is 79.7 Å². The van der Waals surface area contributed by atoms with Gasteiger partial charge in [0.05, 0.1) is 44.3 Å². The average molecular weight is 444 g/mol. The van der Waals surface area contributed by atoms with Crippen LogP contribution >= 0.6 is 0 Å².